The van der Waals surface area contributed by atoms with Gasteiger partial charge in [0.15, 0.2) is 5.83 Å². The average molecular weight is 402 g/mol. The first-order valence-corrected chi connectivity index (χ1v) is 10.3. The van der Waals surface area contributed by atoms with E-state index in [1.54, 1.807) is 6.20 Å². The molecular formula is C21H25ClFN5. The molecule has 0 radical (unpaired) electrons. The van der Waals surface area contributed by atoms with Gasteiger partial charge in [-0.1, -0.05) is 32.4 Å². The predicted molar refractivity (Wildman–Crippen MR) is 110 cm³/mol. The first-order chi connectivity index (χ1) is 13.3. The van der Waals surface area contributed by atoms with Crippen LogP contribution in [0.3, 0.4) is 0 Å². The molecule has 3 saturated carbocycles. The van der Waals surface area contributed by atoms with Crippen LogP contribution in [0.15, 0.2) is 35.1 Å². The molecule has 3 fully saturated rings. The topological polar surface area (TPSA) is 65.1 Å². The third-order valence-electron chi connectivity index (χ3n) is 7.33. The first kappa shape index (κ1) is 18.0. The van der Waals surface area contributed by atoms with Crippen molar-refractivity contribution in [3.63, 3.8) is 0 Å². The van der Waals surface area contributed by atoms with Crippen LogP contribution in [0.1, 0.15) is 39.2 Å². The van der Waals surface area contributed by atoms with Gasteiger partial charge in [0.2, 0.25) is 0 Å². The standard InChI is InChI=1S/C21H25ClFN5/c1-10-15-4-11(21(15,2)3)5-17(10)27-20-16(23)9-26-19(28-20)14-8-25-18-13(14)6-12(22)7-24-18/h6-8,10-11,15,17,27H,4-5,9H2,1-3H3,(H,24,25)(H,26,28)/t10-,11?,15?,17-/m0/s1. The number of aromatic nitrogens is 2. The molecular weight excluding hydrogens is 377 g/mol. The second-order valence-electron chi connectivity index (χ2n) is 9.03. The number of nitrogens with zero attached hydrogens (tertiary/aromatic N) is 2. The van der Waals surface area contributed by atoms with Gasteiger partial charge < -0.3 is 15.6 Å². The molecule has 2 aromatic heterocycles. The number of aliphatic imine (C=N–C) groups is 1. The fraction of sp³-hybridized carbons (Fsp3) is 0.524. The molecule has 0 aromatic carbocycles. The lowest BCUT2D eigenvalue weighted by atomic mass is 9.45. The summed E-state index contributed by atoms with van der Waals surface area (Å²) in [6.45, 7) is 7.07. The minimum atomic E-state index is -0.245. The van der Waals surface area contributed by atoms with Crippen molar-refractivity contribution in [1.29, 1.82) is 0 Å². The average Bonchev–Trinajstić information content (AvgIpc) is 3.07. The molecule has 7 heteroatoms. The van der Waals surface area contributed by atoms with Crippen molar-refractivity contribution in [3.8, 4) is 0 Å². The van der Waals surface area contributed by atoms with Gasteiger partial charge in [0.25, 0.3) is 0 Å². The Morgan fingerprint density at radius 3 is 2.89 bits per heavy atom. The molecule has 3 aliphatic carbocycles. The summed E-state index contributed by atoms with van der Waals surface area (Å²) in [5, 5.41) is 8.08. The fourth-order valence-electron chi connectivity index (χ4n) is 5.42. The quantitative estimate of drug-likeness (QED) is 0.715. The number of hydrogen-bond acceptors (Lipinski definition) is 4. The molecule has 2 bridgehead atoms. The van der Waals surface area contributed by atoms with Crippen molar-refractivity contribution in [1.82, 2.24) is 20.6 Å². The minimum Gasteiger partial charge on any atom is -0.366 e. The summed E-state index contributed by atoms with van der Waals surface area (Å²) in [5.74, 6) is 2.77. The smallest absolute Gasteiger partial charge is 0.162 e. The molecule has 148 valence electrons. The van der Waals surface area contributed by atoms with E-state index in [1.165, 1.54) is 6.42 Å². The van der Waals surface area contributed by atoms with Gasteiger partial charge in [0.05, 0.1) is 11.6 Å². The van der Waals surface area contributed by atoms with E-state index in [2.05, 4.69) is 46.4 Å². The molecule has 6 rings (SSSR count). The number of H-pyrrole nitrogens is 1. The lowest BCUT2D eigenvalue weighted by Gasteiger charge is -2.62. The second kappa shape index (κ2) is 6.21. The summed E-state index contributed by atoms with van der Waals surface area (Å²) in [6.07, 6.45) is 5.82. The molecule has 28 heavy (non-hydrogen) atoms. The van der Waals surface area contributed by atoms with Crippen molar-refractivity contribution in [2.24, 2.45) is 28.2 Å². The number of aromatic amines is 1. The largest absolute Gasteiger partial charge is 0.366 e. The molecule has 5 nitrogen and oxygen atoms in total. The molecule has 2 unspecified atom stereocenters. The maximum absolute atomic E-state index is 14.6. The Labute approximate surface area is 168 Å². The lowest BCUT2D eigenvalue weighted by Crippen LogP contribution is -2.60. The fourth-order valence-corrected chi connectivity index (χ4v) is 5.58. The summed E-state index contributed by atoms with van der Waals surface area (Å²) in [4.78, 5) is 11.8. The Bertz CT molecular complexity index is 1010. The van der Waals surface area contributed by atoms with Crippen LogP contribution >= 0.6 is 11.6 Å². The van der Waals surface area contributed by atoms with E-state index in [0.717, 1.165) is 23.0 Å². The number of rotatable bonds is 3. The molecule has 3 N–H and O–H groups in total. The minimum absolute atomic E-state index is 0.0325. The van der Waals surface area contributed by atoms with Crippen LogP contribution in [0, 0.1) is 23.2 Å². The number of hydrogen-bond donors (Lipinski definition) is 3. The number of pyridine rings is 1. The van der Waals surface area contributed by atoms with E-state index in [9.17, 15) is 4.39 Å². The van der Waals surface area contributed by atoms with Gasteiger partial charge in [-0.3, -0.25) is 4.99 Å². The van der Waals surface area contributed by atoms with E-state index >= 15 is 0 Å². The normalized spacial score (nSPS) is 31.2. The van der Waals surface area contributed by atoms with Crippen molar-refractivity contribution in [2.45, 2.75) is 39.7 Å². The molecule has 3 heterocycles. The van der Waals surface area contributed by atoms with Crippen molar-refractivity contribution < 1.29 is 4.39 Å². The Hall–Kier alpha value is -2.08. The van der Waals surface area contributed by atoms with Crippen LogP contribution in [0.25, 0.3) is 11.0 Å². The monoisotopic (exact) mass is 401 g/mol. The summed E-state index contributed by atoms with van der Waals surface area (Å²) in [6, 6.07) is 2.13. The number of amidine groups is 1. The van der Waals surface area contributed by atoms with Gasteiger partial charge >= 0.3 is 0 Å². The van der Waals surface area contributed by atoms with E-state index in [0.29, 0.717) is 39.8 Å². The molecule has 0 amide bonds. The van der Waals surface area contributed by atoms with E-state index < -0.39 is 0 Å². The number of nitrogens with one attached hydrogen (secondary N) is 3. The zero-order valence-corrected chi connectivity index (χ0v) is 17.1. The molecule has 2 aromatic rings. The highest BCUT2D eigenvalue weighted by atomic mass is 35.5. The Balaban J connectivity index is 1.36. The highest BCUT2D eigenvalue weighted by Gasteiger charge is 2.56. The van der Waals surface area contributed by atoms with E-state index in [-0.39, 0.29) is 18.4 Å². The van der Waals surface area contributed by atoms with Gasteiger partial charge in [0.1, 0.15) is 17.3 Å². The van der Waals surface area contributed by atoms with Crippen LogP contribution in [0.2, 0.25) is 5.02 Å². The van der Waals surface area contributed by atoms with Crippen LogP contribution < -0.4 is 10.6 Å². The van der Waals surface area contributed by atoms with Gasteiger partial charge in [-0.25, -0.2) is 9.37 Å². The van der Waals surface area contributed by atoms with Crippen LogP contribution in [0.4, 0.5) is 4.39 Å². The predicted octanol–water partition coefficient (Wildman–Crippen LogP) is 4.37. The first-order valence-electron chi connectivity index (χ1n) is 9.94. The van der Waals surface area contributed by atoms with E-state index in [4.69, 9.17) is 11.6 Å². The third-order valence-corrected chi connectivity index (χ3v) is 7.53. The Morgan fingerprint density at radius 2 is 2.14 bits per heavy atom. The third kappa shape index (κ3) is 2.65. The van der Waals surface area contributed by atoms with Gasteiger partial charge in [-0.2, -0.15) is 0 Å². The van der Waals surface area contributed by atoms with Crippen molar-refractivity contribution >= 4 is 28.5 Å². The summed E-state index contributed by atoms with van der Waals surface area (Å²) in [7, 11) is 0. The van der Waals surface area contributed by atoms with Gasteiger partial charge in [-0.05, 0) is 42.1 Å². The highest BCUT2D eigenvalue weighted by molar-refractivity contribution is 6.31. The molecule has 4 atom stereocenters. The zero-order valence-electron chi connectivity index (χ0n) is 16.3. The Kier molecular flexibility index (Phi) is 3.99. The number of fused-ring (bicyclic) bond motifs is 3. The van der Waals surface area contributed by atoms with Crippen LogP contribution in [-0.2, 0) is 0 Å². The molecule has 4 aliphatic rings. The van der Waals surface area contributed by atoms with Crippen molar-refractivity contribution in [2.75, 3.05) is 6.54 Å². The molecule has 0 spiro atoms. The van der Waals surface area contributed by atoms with Crippen LogP contribution in [0.5, 0.6) is 0 Å². The maximum Gasteiger partial charge on any atom is 0.162 e. The maximum atomic E-state index is 14.6. The summed E-state index contributed by atoms with van der Waals surface area (Å²) in [5.41, 5.74) is 1.99. The van der Waals surface area contributed by atoms with Gasteiger partial charge in [0, 0.05) is 29.4 Å². The Morgan fingerprint density at radius 1 is 1.32 bits per heavy atom. The number of halogens is 2. The van der Waals surface area contributed by atoms with Crippen molar-refractivity contribution in [3.05, 3.63) is 40.7 Å². The summed E-state index contributed by atoms with van der Waals surface area (Å²) >= 11 is 6.11. The highest BCUT2D eigenvalue weighted by Crippen LogP contribution is 2.61. The second-order valence-corrected chi connectivity index (χ2v) is 9.46. The molecule has 1 aliphatic heterocycles. The summed E-state index contributed by atoms with van der Waals surface area (Å²) < 4.78 is 14.6. The molecule has 0 saturated heterocycles. The lowest BCUT2D eigenvalue weighted by molar-refractivity contribution is -0.113. The van der Waals surface area contributed by atoms with E-state index in [1.807, 2.05) is 12.3 Å². The SMILES string of the molecule is C[C@H]1C2CC(C[C@@H]1NC1=C(F)CN=C(c3c[nH]c4ncc(Cl)cc34)N1)C2(C)C. The van der Waals surface area contributed by atoms with Crippen LogP contribution in [-0.4, -0.2) is 28.4 Å². The zero-order chi connectivity index (χ0) is 19.6. The van der Waals surface area contributed by atoms with Gasteiger partial charge in [-0.15, -0.1) is 0 Å².